The molecule has 150 valence electrons. The SMILES string of the molecule is CC(=O)Nc1ccc(NC(=O)[C@H](C)OC(=O)c2ccc3[nH]c(C)c(C)c3c2)cc1. The monoisotopic (exact) mass is 393 g/mol. The number of carbonyl (C=O) groups is 3. The molecular formula is C22H23N3O4. The van der Waals surface area contributed by atoms with Crippen molar-refractivity contribution in [3.8, 4) is 0 Å². The number of rotatable bonds is 5. The first kappa shape index (κ1) is 20.1. The molecule has 0 saturated heterocycles. The van der Waals surface area contributed by atoms with Gasteiger partial charge >= 0.3 is 5.97 Å². The van der Waals surface area contributed by atoms with Crippen LogP contribution in [0, 0.1) is 13.8 Å². The van der Waals surface area contributed by atoms with Crippen LogP contribution >= 0.6 is 0 Å². The fraction of sp³-hybridized carbons (Fsp3) is 0.227. The molecule has 2 aromatic carbocycles. The molecule has 0 aliphatic heterocycles. The van der Waals surface area contributed by atoms with E-state index in [2.05, 4.69) is 15.6 Å². The summed E-state index contributed by atoms with van der Waals surface area (Å²) in [6, 6.07) is 11.9. The Bertz CT molecular complexity index is 1080. The number of carbonyl (C=O) groups excluding carboxylic acids is 3. The lowest BCUT2D eigenvalue weighted by atomic mass is 10.1. The highest BCUT2D eigenvalue weighted by Gasteiger charge is 2.20. The van der Waals surface area contributed by atoms with Crippen LogP contribution in [0.5, 0.6) is 0 Å². The Hall–Kier alpha value is -3.61. The van der Waals surface area contributed by atoms with Crippen molar-refractivity contribution in [2.75, 3.05) is 10.6 Å². The standard InChI is InChI=1S/C22H23N3O4/c1-12-13(2)23-20-10-5-16(11-19(12)20)22(28)29-14(3)21(27)25-18-8-6-17(7-9-18)24-15(4)26/h5-11,14,23H,1-4H3,(H,24,26)(H,25,27)/t14-/m0/s1. The summed E-state index contributed by atoms with van der Waals surface area (Å²) in [5.41, 5.74) is 4.61. The Morgan fingerprint density at radius 1 is 0.966 bits per heavy atom. The van der Waals surface area contributed by atoms with E-state index in [0.717, 1.165) is 22.2 Å². The Kier molecular flexibility index (Phi) is 5.68. The van der Waals surface area contributed by atoms with Crippen LogP contribution in [0.3, 0.4) is 0 Å². The molecule has 0 aliphatic carbocycles. The van der Waals surface area contributed by atoms with Gasteiger partial charge in [-0.15, -0.1) is 0 Å². The predicted octanol–water partition coefficient (Wildman–Crippen LogP) is 3.93. The van der Waals surface area contributed by atoms with Crippen LogP contribution in [-0.4, -0.2) is 28.9 Å². The number of H-pyrrole nitrogens is 1. The lowest BCUT2D eigenvalue weighted by Gasteiger charge is -2.14. The zero-order valence-corrected chi connectivity index (χ0v) is 16.8. The van der Waals surface area contributed by atoms with Crippen molar-refractivity contribution in [2.24, 2.45) is 0 Å². The molecule has 0 radical (unpaired) electrons. The van der Waals surface area contributed by atoms with Crippen LogP contribution in [0.2, 0.25) is 0 Å². The summed E-state index contributed by atoms with van der Waals surface area (Å²) in [4.78, 5) is 39.1. The number of benzene rings is 2. The van der Waals surface area contributed by atoms with E-state index in [0.29, 0.717) is 16.9 Å². The molecule has 29 heavy (non-hydrogen) atoms. The molecule has 2 amide bonds. The molecule has 1 aromatic heterocycles. The first-order valence-electron chi connectivity index (χ1n) is 9.23. The second-order valence-corrected chi connectivity index (χ2v) is 6.93. The summed E-state index contributed by atoms with van der Waals surface area (Å²) in [5, 5.41) is 6.29. The van der Waals surface area contributed by atoms with Crippen LogP contribution < -0.4 is 10.6 Å². The number of hydrogen-bond donors (Lipinski definition) is 3. The van der Waals surface area contributed by atoms with E-state index in [9.17, 15) is 14.4 Å². The van der Waals surface area contributed by atoms with Gasteiger partial charge in [0, 0.05) is 34.9 Å². The van der Waals surface area contributed by atoms with Gasteiger partial charge in [0.05, 0.1) is 5.56 Å². The Morgan fingerprint density at radius 3 is 2.21 bits per heavy atom. The summed E-state index contributed by atoms with van der Waals surface area (Å²) in [7, 11) is 0. The number of ether oxygens (including phenoxy) is 1. The van der Waals surface area contributed by atoms with Gasteiger partial charge in [-0.05, 0) is 68.8 Å². The van der Waals surface area contributed by atoms with Gasteiger partial charge in [0.15, 0.2) is 6.10 Å². The number of esters is 1. The summed E-state index contributed by atoms with van der Waals surface area (Å²) >= 11 is 0. The quantitative estimate of drug-likeness (QED) is 0.572. The maximum Gasteiger partial charge on any atom is 0.338 e. The lowest BCUT2D eigenvalue weighted by Crippen LogP contribution is -2.30. The van der Waals surface area contributed by atoms with Crippen LogP contribution in [-0.2, 0) is 14.3 Å². The second kappa shape index (κ2) is 8.18. The number of aromatic amines is 1. The molecule has 0 aliphatic rings. The van der Waals surface area contributed by atoms with E-state index in [1.54, 1.807) is 36.4 Å². The number of nitrogens with one attached hydrogen (secondary N) is 3. The van der Waals surface area contributed by atoms with Gasteiger partial charge in [0.2, 0.25) is 5.91 Å². The third-order valence-corrected chi connectivity index (χ3v) is 4.67. The number of aryl methyl sites for hydroxylation is 2. The van der Waals surface area contributed by atoms with Crippen LogP contribution in [0.25, 0.3) is 10.9 Å². The smallest absolute Gasteiger partial charge is 0.338 e. The molecule has 7 heteroatoms. The van der Waals surface area contributed by atoms with E-state index in [4.69, 9.17) is 4.74 Å². The minimum atomic E-state index is -0.970. The zero-order chi connectivity index (χ0) is 21.1. The molecule has 1 heterocycles. The third-order valence-electron chi connectivity index (χ3n) is 4.67. The zero-order valence-electron chi connectivity index (χ0n) is 16.8. The second-order valence-electron chi connectivity index (χ2n) is 6.93. The maximum absolute atomic E-state index is 12.5. The van der Waals surface area contributed by atoms with Crippen LogP contribution in [0.4, 0.5) is 11.4 Å². The minimum Gasteiger partial charge on any atom is -0.449 e. The number of hydrogen-bond acceptors (Lipinski definition) is 4. The van der Waals surface area contributed by atoms with Gasteiger partial charge in [-0.3, -0.25) is 9.59 Å². The molecule has 3 rings (SSSR count). The molecule has 3 N–H and O–H groups in total. The normalized spacial score (nSPS) is 11.7. The average Bonchev–Trinajstić information content (AvgIpc) is 2.96. The molecule has 0 saturated carbocycles. The van der Waals surface area contributed by atoms with Crippen molar-refractivity contribution < 1.29 is 19.1 Å². The highest BCUT2D eigenvalue weighted by molar-refractivity contribution is 5.99. The molecular weight excluding hydrogens is 370 g/mol. The fourth-order valence-corrected chi connectivity index (χ4v) is 2.95. The molecule has 0 bridgehead atoms. The van der Waals surface area contributed by atoms with Crippen molar-refractivity contribution in [1.29, 1.82) is 0 Å². The molecule has 3 aromatic rings. The van der Waals surface area contributed by atoms with E-state index in [1.807, 2.05) is 19.9 Å². The Balaban J connectivity index is 1.63. The first-order valence-corrected chi connectivity index (χ1v) is 9.23. The van der Waals surface area contributed by atoms with Crippen molar-refractivity contribution in [1.82, 2.24) is 4.98 Å². The first-order chi connectivity index (χ1) is 13.7. The molecule has 1 atom stereocenters. The van der Waals surface area contributed by atoms with Crippen molar-refractivity contribution >= 4 is 40.1 Å². The van der Waals surface area contributed by atoms with E-state index < -0.39 is 18.0 Å². The molecule has 0 spiro atoms. The maximum atomic E-state index is 12.5. The summed E-state index contributed by atoms with van der Waals surface area (Å²) in [5.74, 6) is -1.18. The van der Waals surface area contributed by atoms with E-state index in [-0.39, 0.29) is 5.91 Å². The number of anilines is 2. The Morgan fingerprint density at radius 2 is 1.59 bits per heavy atom. The molecule has 0 fully saturated rings. The fourth-order valence-electron chi connectivity index (χ4n) is 2.95. The Labute approximate surface area is 168 Å². The highest BCUT2D eigenvalue weighted by Crippen LogP contribution is 2.23. The van der Waals surface area contributed by atoms with Gasteiger partial charge in [0.1, 0.15) is 0 Å². The third kappa shape index (κ3) is 4.63. The van der Waals surface area contributed by atoms with Gasteiger partial charge in [-0.25, -0.2) is 4.79 Å². The van der Waals surface area contributed by atoms with Gasteiger partial charge in [-0.2, -0.15) is 0 Å². The number of aromatic nitrogens is 1. The number of fused-ring (bicyclic) bond motifs is 1. The minimum absolute atomic E-state index is 0.175. The largest absolute Gasteiger partial charge is 0.449 e. The summed E-state index contributed by atoms with van der Waals surface area (Å²) in [6.07, 6.45) is -0.970. The van der Waals surface area contributed by atoms with Crippen LogP contribution in [0.15, 0.2) is 42.5 Å². The summed E-state index contributed by atoms with van der Waals surface area (Å²) < 4.78 is 5.32. The lowest BCUT2D eigenvalue weighted by molar-refractivity contribution is -0.123. The topological polar surface area (TPSA) is 100 Å². The molecule has 0 unspecified atom stereocenters. The van der Waals surface area contributed by atoms with Crippen LogP contribution in [0.1, 0.15) is 35.5 Å². The summed E-state index contributed by atoms with van der Waals surface area (Å²) in [6.45, 7) is 6.89. The number of amides is 2. The predicted molar refractivity (Wildman–Crippen MR) is 112 cm³/mol. The highest BCUT2D eigenvalue weighted by atomic mass is 16.5. The van der Waals surface area contributed by atoms with Gasteiger partial charge in [-0.1, -0.05) is 0 Å². The van der Waals surface area contributed by atoms with E-state index >= 15 is 0 Å². The van der Waals surface area contributed by atoms with Gasteiger partial charge < -0.3 is 20.4 Å². The van der Waals surface area contributed by atoms with Crippen molar-refractivity contribution in [3.05, 3.63) is 59.3 Å². The molecule has 7 nitrogen and oxygen atoms in total. The van der Waals surface area contributed by atoms with E-state index in [1.165, 1.54) is 13.8 Å². The average molecular weight is 393 g/mol. The van der Waals surface area contributed by atoms with Gasteiger partial charge in [0.25, 0.3) is 5.91 Å². The van der Waals surface area contributed by atoms with Crippen molar-refractivity contribution in [2.45, 2.75) is 33.8 Å². The van der Waals surface area contributed by atoms with Crippen molar-refractivity contribution in [3.63, 3.8) is 0 Å².